The molecule has 0 unspecified atom stereocenters. The van der Waals surface area contributed by atoms with E-state index >= 15 is 0 Å². The van der Waals surface area contributed by atoms with Gasteiger partial charge < -0.3 is 10.2 Å². The molecular formula is C21H15ClF2N2O2S. The van der Waals surface area contributed by atoms with Gasteiger partial charge in [-0.2, -0.15) is 0 Å². The van der Waals surface area contributed by atoms with Gasteiger partial charge in [-0.3, -0.25) is 9.59 Å². The molecule has 0 saturated carbocycles. The van der Waals surface area contributed by atoms with Gasteiger partial charge in [-0.05, 0) is 36.2 Å². The van der Waals surface area contributed by atoms with Crippen LogP contribution < -0.4 is 5.32 Å². The Morgan fingerprint density at radius 1 is 1.17 bits per heavy atom. The maximum Gasteiger partial charge on any atom is 0.265 e. The smallest absolute Gasteiger partial charge is 0.265 e. The molecular weight excluding hydrogens is 418 g/mol. The standard InChI is InChI=1S/C21H15ClF2N2O2S/c22-18-13-3-1-11(14-8-12(23)2-4-15(14)24)7-16(13)29-19(18)20(28)26-9-21(10-26)6-5-17(27)25-21/h1-4,7-8H,5-6,9-10H2,(H,25,27). The van der Waals surface area contributed by atoms with Crippen LogP contribution in [0.3, 0.4) is 0 Å². The maximum atomic E-state index is 14.1. The van der Waals surface area contributed by atoms with E-state index in [9.17, 15) is 18.4 Å². The number of hydrogen-bond donors (Lipinski definition) is 1. The highest BCUT2D eigenvalue weighted by Gasteiger charge is 2.49. The minimum absolute atomic E-state index is 0.0223. The number of halogens is 3. The van der Waals surface area contributed by atoms with Crippen LogP contribution in [0.15, 0.2) is 36.4 Å². The summed E-state index contributed by atoms with van der Waals surface area (Å²) in [5, 5.41) is 4.01. The molecule has 0 bridgehead atoms. The van der Waals surface area contributed by atoms with E-state index in [1.807, 2.05) is 0 Å². The molecule has 2 amide bonds. The Bertz CT molecular complexity index is 1190. The monoisotopic (exact) mass is 432 g/mol. The van der Waals surface area contributed by atoms with E-state index in [-0.39, 0.29) is 22.9 Å². The summed E-state index contributed by atoms with van der Waals surface area (Å²) in [6, 6.07) is 8.41. The zero-order valence-corrected chi connectivity index (χ0v) is 16.7. The van der Waals surface area contributed by atoms with E-state index in [1.165, 1.54) is 11.3 Å². The second kappa shape index (κ2) is 6.50. The average molecular weight is 433 g/mol. The van der Waals surface area contributed by atoms with Crippen molar-refractivity contribution in [2.45, 2.75) is 18.4 Å². The van der Waals surface area contributed by atoms with E-state index in [2.05, 4.69) is 5.32 Å². The largest absolute Gasteiger partial charge is 0.347 e. The lowest BCUT2D eigenvalue weighted by Crippen LogP contribution is -2.68. The molecule has 4 nitrogen and oxygen atoms in total. The van der Waals surface area contributed by atoms with Crippen molar-refractivity contribution in [2.75, 3.05) is 13.1 Å². The number of rotatable bonds is 2. The molecule has 148 valence electrons. The molecule has 2 aliphatic rings. The van der Waals surface area contributed by atoms with Gasteiger partial charge in [0.05, 0.1) is 10.6 Å². The number of fused-ring (bicyclic) bond motifs is 1. The molecule has 29 heavy (non-hydrogen) atoms. The molecule has 1 aromatic heterocycles. The summed E-state index contributed by atoms with van der Waals surface area (Å²) in [4.78, 5) is 26.5. The summed E-state index contributed by atoms with van der Waals surface area (Å²) >= 11 is 7.70. The Balaban J connectivity index is 1.45. The normalized spacial score (nSPS) is 17.6. The quantitative estimate of drug-likeness (QED) is 0.643. The molecule has 0 radical (unpaired) electrons. The lowest BCUT2D eigenvalue weighted by Gasteiger charge is -2.47. The Labute approximate surface area is 174 Å². The van der Waals surface area contributed by atoms with Gasteiger partial charge in [-0.15, -0.1) is 11.3 Å². The van der Waals surface area contributed by atoms with Crippen LogP contribution in [0.25, 0.3) is 21.2 Å². The first-order chi connectivity index (χ1) is 13.8. The van der Waals surface area contributed by atoms with E-state index in [0.717, 1.165) is 29.3 Å². The fraction of sp³-hybridized carbons (Fsp3) is 0.238. The zero-order valence-electron chi connectivity index (χ0n) is 15.1. The van der Waals surface area contributed by atoms with Crippen molar-refractivity contribution >= 4 is 44.8 Å². The van der Waals surface area contributed by atoms with E-state index < -0.39 is 11.6 Å². The van der Waals surface area contributed by atoms with Crippen LogP contribution in [-0.2, 0) is 4.79 Å². The summed E-state index contributed by atoms with van der Waals surface area (Å²) in [5.74, 6) is -1.20. The number of hydrogen-bond acceptors (Lipinski definition) is 3. The predicted octanol–water partition coefficient (Wildman–Crippen LogP) is 4.60. The average Bonchev–Trinajstić information content (AvgIpc) is 3.22. The van der Waals surface area contributed by atoms with Crippen LogP contribution in [0.5, 0.6) is 0 Å². The van der Waals surface area contributed by atoms with Gasteiger partial charge in [0.25, 0.3) is 5.91 Å². The van der Waals surface area contributed by atoms with Gasteiger partial charge in [0, 0.05) is 35.2 Å². The molecule has 5 rings (SSSR count). The van der Waals surface area contributed by atoms with Gasteiger partial charge in [-0.25, -0.2) is 8.78 Å². The van der Waals surface area contributed by atoms with Crippen molar-refractivity contribution in [1.82, 2.24) is 10.2 Å². The van der Waals surface area contributed by atoms with Gasteiger partial charge in [0.15, 0.2) is 0 Å². The molecule has 0 aliphatic carbocycles. The Hall–Kier alpha value is -2.51. The summed E-state index contributed by atoms with van der Waals surface area (Å²) < 4.78 is 28.4. The summed E-state index contributed by atoms with van der Waals surface area (Å²) in [6.45, 7) is 0.948. The first-order valence-corrected chi connectivity index (χ1v) is 10.3. The van der Waals surface area contributed by atoms with Gasteiger partial charge in [0.2, 0.25) is 5.91 Å². The Morgan fingerprint density at radius 2 is 1.97 bits per heavy atom. The molecule has 3 aromatic rings. The van der Waals surface area contributed by atoms with Crippen molar-refractivity contribution in [1.29, 1.82) is 0 Å². The first-order valence-electron chi connectivity index (χ1n) is 9.13. The number of amides is 2. The number of likely N-dealkylation sites (tertiary alicyclic amines) is 1. The lowest BCUT2D eigenvalue weighted by molar-refractivity contribution is -0.120. The van der Waals surface area contributed by atoms with E-state index in [4.69, 9.17) is 11.6 Å². The van der Waals surface area contributed by atoms with Crippen LogP contribution in [0, 0.1) is 11.6 Å². The molecule has 2 aromatic carbocycles. The highest BCUT2D eigenvalue weighted by molar-refractivity contribution is 7.21. The molecule has 3 heterocycles. The molecule has 1 spiro atoms. The van der Waals surface area contributed by atoms with Crippen LogP contribution in [0.4, 0.5) is 8.78 Å². The summed E-state index contributed by atoms with van der Waals surface area (Å²) in [5.41, 5.74) is 0.381. The minimum atomic E-state index is -0.521. The molecule has 8 heteroatoms. The van der Waals surface area contributed by atoms with Crippen LogP contribution in [0.1, 0.15) is 22.5 Å². The SMILES string of the molecule is O=C1CCC2(CN(C(=O)c3sc4cc(-c5cc(F)ccc5F)ccc4c3Cl)C2)N1. The summed E-state index contributed by atoms with van der Waals surface area (Å²) in [7, 11) is 0. The van der Waals surface area contributed by atoms with Crippen LogP contribution in [0.2, 0.25) is 5.02 Å². The third-order valence-corrected chi connectivity index (χ3v) is 7.22. The molecule has 2 fully saturated rings. The molecule has 2 aliphatic heterocycles. The van der Waals surface area contributed by atoms with Crippen molar-refractivity contribution in [3.05, 3.63) is 57.9 Å². The molecule has 0 atom stereocenters. The van der Waals surface area contributed by atoms with Crippen LogP contribution in [-0.4, -0.2) is 35.3 Å². The first kappa shape index (κ1) is 18.5. The Morgan fingerprint density at radius 3 is 2.69 bits per heavy atom. The highest BCUT2D eigenvalue weighted by Crippen LogP contribution is 2.40. The number of nitrogens with one attached hydrogen (secondary N) is 1. The number of carbonyl (C=O) groups excluding carboxylic acids is 2. The van der Waals surface area contributed by atoms with Crippen molar-refractivity contribution in [3.63, 3.8) is 0 Å². The fourth-order valence-electron chi connectivity index (χ4n) is 4.07. The molecule has 1 N–H and O–H groups in total. The number of benzene rings is 2. The maximum absolute atomic E-state index is 14.1. The second-order valence-corrected chi connectivity index (χ2v) is 9.00. The third-order valence-electron chi connectivity index (χ3n) is 5.57. The van der Waals surface area contributed by atoms with Crippen molar-refractivity contribution in [2.24, 2.45) is 0 Å². The van der Waals surface area contributed by atoms with Crippen LogP contribution >= 0.6 is 22.9 Å². The van der Waals surface area contributed by atoms with Crippen molar-refractivity contribution in [3.8, 4) is 11.1 Å². The number of carbonyl (C=O) groups is 2. The highest BCUT2D eigenvalue weighted by atomic mass is 35.5. The fourth-order valence-corrected chi connectivity index (χ4v) is 5.59. The van der Waals surface area contributed by atoms with Gasteiger partial charge in [0.1, 0.15) is 16.5 Å². The van der Waals surface area contributed by atoms with E-state index in [0.29, 0.717) is 40.4 Å². The van der Waals surface area contributed by atoms with Gasteiger partial charge in [-0.1, -0.05) is 23.7 Å². The minimum Gasteiger partial charge on any atom is -0.347 e. The van der Waals surface area contributed by atoms with Crippen molar-refractivity contribution < 1.29 is 18.4 Å². The predicted molar refractivity (Wildman–Crippen MR) is 108 cm³/mol. The molecule has 2 saturated heterocycles. The number of thiophene rings is 1. The lowest BCUT2D eigenvalue weighted by atomic mass is 9.88. The van der Waals surface area contributed by atoms with E-state index in [1.54, 1.807) is 23.1 Å². The summed E-state index contributed by atoms with van der Waals surface area (Å²) in [6.07, 6.45) is 1.23. The third kappa shape index (κ3) is 3.00. The second-order valence-electron chi connectivity index (χ2n) is 7.57. The zero-order chi connectivity index (χ0) is 20.3. The van der Waals surface area contributed by atoms with Gasteiger partial charge >= 0.3 is 0 Å². The number of nitrogens with zero attached hydrogens (tertiary/aromatic N) is 1. The topological polar surface area (TPSA) is 49.4 Å². The Kier molecular flexibility index (Phi) is 4.15.